The van der Waals surface area contributed by atoms with Crippen LogP contribution in [0.5, 0.6) is 0 Å². The van der Waals surface area contributed by atoms with Crippen LogP contribution in [0.4, 0.5) is 17.3 Å². The number of rotatable bonds is 3. The number of nitrogens with two attached hydrogens (primary N) is 1. The average Bonchev–Trinajstić information content (AvgIpc) is 3.17. The van der Waals surface area contributed by atoms with Gasteiger partial charge in [-0.05, 0) is 50.6 Å². The molecule has 9 nitrogen and oxygen atoms in total. The summed E-state index contributed by atoms with van der Waals surface area (Å²) in [5.74, 6) is -0.297. The first-order valence-electron chi connectivity index (χ1n) is 10.00. The predicted octanol–water partition coefficient (Wildman–Crippen LogP) is 3.51. The molecule has 0 aliphatic carbocycles. The van der Waals surface area contributed by atoms with Gasteiger partial charge in [0.1, 0.15) is 17.9 Å². The quantitative estimate of drug-likeness (QED) is 0.601. The molecule has 0 spiro atoms. The first-order chi connectivity index (χ1) is 15.2. The number of fused-ring (bicyclic) bond motifs is 1. The van der Waals surface area contributed by atoms with Gasteiger partial charge >= 0.3 is 5.97 Å². The van der Waals surface area contributed by atoms with Gasteiger partial charge in [-0.3, -0.25) is 0 Å². The molecule has 1 unspecified atom stereocenters. The van der Waals surface area contributed by atoms with Crippen molar-refractivity contribution in [2.75, 3.05) is 23.1 Å². The standard InChI is InChI=1S/C23H23N7O2/c1-23(2,3)30-18-8-5-13(14-11-26-22(25)27-12-14)9-17(18)29-20(30)19-16(21(31)32-4)7-6-15(10-24)28-19/h5-9,11-12,20,29H,1-4H3,(H2,25,26,27). The van der Waals surface area contributed by atoms with Crippen molar-refractivity contribution < 1.29 is 9.53 Å². The maximum absolute atomic E-state index is 12.5. The number of nitrogen functional groups attached to an aromatic ring is 1. The van der Waals surface area contributed by atoms with E-state index in [1.54, 1.807) is 18.5 Å². The zero-order valence-corrected chi connectivity index (χ0v) is 18.2. The molecule has 162 valence electrons. The van der Waals surface area contributed by atoms with Gasteiger partial charge in [-0.2, -0.15) is 5.26 Å². The fourth-order valence-corrected chi connectivity index (χ4v) is 3.85. The Kier molecular flexibility index (Phi) is 5.14. The van der Waals surface area contributed by atoms with Gasteiger partial charge in [-0.1, -0.05) is 6.07 Å². The van der Waals surface area contributed by atoms with Crippen LogP contribution in [0.15, 0.2) is 42.7 Å². The van der Waals surface area contributed by atoms with Gasteiger partial charge in [-0.15, -0.1) is 0 Å². The Morgan fingerprint density at radius 2 is 1.91 bits per heavy atom. The Morgan fingerprint density at radius 1 is 1.19 bits per heavy atom. The summed E-state index contributed by atoms with van der Waals surface area (Å²) >= 11 is 0. The van der Waals surface area contributed by atoms with Gasteiger partial charge in [0.05, 0.1) is 29.7 Å². The van der Waals surface area contributed by atoms with Gasteiger partial charge in [-0.25, -0.2) is 19.7 Å². The van der Waals surface area contributed by atoms with Crippen LogP contribution in [0.2, 0.25) is 0 Å². The highest BCUT2D eigenvalue weighted by Crippen LogP contribution is 2.46. The summed E-state index contributed by atoms with van der Waals surface area (Å²) in [7, 11) is 1.32. The Morgan fingerprint density at radius 3 is 2.53 bits per heavy atom. The highest BCUT2D eigenvalue weighted by Gasteiger charge is 2.40. The van der Waals surface area contributed by atoms with Crippen molar-refractivity contribution in [2.24, 2.45) is 0 Å². The number of pyridine rings is 1. The molecule has 4 rings (SSSR count). The fraction of sp³-hybridized carbons (Fsp3) is 0.261. The number of esters is 1. The molecule has 0 saturated heterocycles. The molecule has 0 amide bonds. The van der Waals surface area contributed by atoms with Crippen LogP contribution in [-0.4, -0.2) is 33.6 Å². The zero-order chi connectivity index (χ0) is 23.0. The lowest BCUT2D eigenvalue weighted by Crippen LogP contribution is -2.44. The third-order valence-corrected chi connectivity index (χ3v) is 5.24. The molecule has 3 N–H and O–H groups in total. The number of ether oxygens (including phenoxy) is 1. The lowest BCUT2D eigenvalue weighted by atomic mass is 10.0. The maximum atomic E-state index is 12.5. The number of nitrogens with zero attached hydrogens (tertiary/aromatic N) is 5. The zero-order valence-electron chi connectivity index (χ0n) is 18.2. The first kappa shape index (κ1) is 21.1. The Labute approximate surface area is 185 Å². The molecule has 0 saturated carbocycles. The van der Waals surface area contributed by atoms with Crippen molar-refractivity contribution in [3.63, 3.8) is 0 Å². The SMILES string of the molecule is COC(=O)c1ccc(C#N)nc1C1Nc2cc(-c3cnc(N)nc3)ccc2N1C(C)(C)C. The Bertz CT molecular complexity index is 1230. The van der Waals surface area contributed by atoms with Crippen LogP contribution in [-0.2, 0) is 4.74 Å². The Hall–Kier alpha value is -4.19. The molecule has 3 aromatic rings. The molecular weight excluding hydrogens is 406 g/mol. The number of benzene rings is 1. The number of carbonyl (C=O) groups excluding carboxylic acids is 1. The van der Waals surface area contributed by atoms with Gasteiger partial charge in [0.25, 0.3) is 0 Å². The van der Waals surface area contributed by atoms with E-state index in [0.717, 1.165) is 22.5 Å². The fourth-order valence-electron chi connectivity index (χ4n) is 3.85. The molecule has 0 radical (unpaired) electrons. The van der Waals surface area contributed by atoms with Gasteiger partial charge < -0.3 is 20.7 Å². The van der Waals surface area contributed by atoms with Crippen molar-refractivity contribution in [3.05, 3.63) is 59.7 Å². The number of aromatic nitrogens is 3. The van der Waals surface area contributed by atoms with Crippen molar-refractivity contribution in [3.8, 4) is 17.2 Å². The third kappa shape index (κ3) is 3.67. The van der Waals surface area contributed by atoms with E-state index in [-0.39, 0.29) is 17.2 Å². The average molecular weight is 429 g/mol. The third-order valence-electron chi connectivity index (χ3n) is 5.24. The van der Waals surface area contributed by atoms with Crippen LogP contribution < -0.4 is 16.0 Å². The number of nitrogens with one attached hydrogen (secondary N) is 1. The highest BCUT2D eigenvalue weighted by molar-refractivity contribution is 5.92. The summed E-state index contributed by atoms with van der Waals surface area (Å²) in [6.07, 6.45) is 2.86. The lowest BCUT2D eigenvalue weighted by molar-refractivity contribution is 0.0598. The summed E-state index contributed by atoms with van der Waals surface area (Å²) in [5.41, 5.74) is 9.79. The molecular formula is C23H23N7O2. The van der Waals surface area contributed by atoms with Crippen molar-refractivity contribution in [1.29, 1.82) is 5.26 Å². The largest absolute Gasteiger partial charge is 0.465 e. The molecule has 1 atom stereocenters. The summed E-state index contributed by atoms with van der Waals surface area (Å²) in [6.45, 7) is 6.22. The molecule has 1 aliphatic heterocycles. The normalized spacial score (nSPS) is 15.0. The number of methoxy groups -OCH3 is 1. The van der Waals surface area contributed by atoms with E-state index >= 15 is 0 Å². The number of hydrogen-bond donors (Lipinski definition) is 2. The summed E-state index contributed by atoms with van der Waals surface area (Å²) < 4.78 is 4.96. The van der Waals surface area contributed by atoms with E-state index in [4.69, 9.17) is 10.5 Å². The van der Waals surface area contributed by atoms with E-state index in [9.17, 15) is 10.1 Å². The minimum atomic E-state index is -0.511. The summed E-state index contributed by atoms with van der Waals surface area (Å²) in [6, 6.07) is 11.1. The van der Waals surface area contributed by atoms with Crippen LogP contribution in [0.1, 0.15) is 48.7 Å². The van der Waals surface area contributed by atoms with E-state index in [1.807, 2.05) is 18.2 Å². The second kappa shape index (κ2) is 7.81. The highest BCUT2D eigenvalue weighted by atomic mass is 16.5. The molecule has 1 aliphatic rings. The van der Waals surface area contributed by atoms with Crippen LogP contribution in [0.3, 0.4) is 0 Å². The Balaban J connectivity index is 1.84. The minimum absolute atomic E-state index is 0.214. The summed E-state index contributed by atoms with van der Waals surface area (Å²) in [5, 5.41) is 12.9. The van der Waals surface area contributed by atoms with Gasteiger partial charge in [0, 0.05) is 23.5 Å². The molecule has 0 bridgehead atoms. The van der Waals surface area contributed by atoms with E-state index in [2.05, 4.69) is 52.0 Å². The maximum Gasteiger partial charge on any atom is 0.339 e. The van der Waals surface area contributed by atoms with Gasteiger partial charge in [0.2, 0.25) is 5.95 Å². The van der Waals surface area contributed by atoms with Crippen LogP contribution in [0.25, 0.3) is 11.1 Å². The van der Waals surface area contributed by atoms with E-state index < -0.39 is 12.1 Å². The van der Waals surface area contributed by atoms with Crippen molar-refractivity contribution in [1.82, 2.24) is 15.0 Å². The van der Waals surface area contributed by atoms with E-state index in [0.29, 0.717) is 11.3 Å². The van der Waals surface area contributed by atoms with Crippen LogP contribution >= 0.6 is 0 Å². The predicted molar refractivity (Wildman–Crippen MR) is 121 cm³/mol. The summed E-state index contributed by atoms with van der Waals surface area (Å²) in [4.78, 5) is 27.2. The van der Waals surface area contributed by atoms with E-state index in [1.165, 1.54) is 13.2 Å². The lowest BCUT2D eigenvalue weighted by Gasteiger charge is -2.39. The van der Waals surface area contributed by atoms with Gasteiger partial charge in [0.15, 0.2) is 0 Å². The minimum Gasteiger partial charge on any atom is -0.465 e. The monoisotopic (exact) mass is 429 g/mol. The smallest absolute Gasteiger partial charge is 0.339 e. The number of hydrogen-bond acceptors (Lipinski definition) is 9. The van der Waals surface area contributed by atoms with Crippen LogP contribution in [0, 0.1) is 11.3 Å². The second-order valence-electron chi connectivity index (χ2n) is 8.38. The van der Waals surface area contributed by atoms with Crippen molar-refractivity contribution >= 4 is 23.3 Å². The topological polar surface area (TPSA) is 130 Å². The number of carbonyl (C=O) groups is 1. The second-order valence-corrected chi connectivity index (χ2v) is 8.38. The first-order valence-corrected chi connectivity index (χ1v) is 10.00. The molecule has 32 heavy (non-hydrogen) atoms. The molecule has 3 heterocycles. The molecule has 9 heteroatoms. The molecule has 0 fully saturated rings. The molecule has 2 aromatic heterocycles. The molecule has 1 aromatic carbocycles. The van der Waals surface area contributed by atoms with Crippen molar-refractivity contribution in [2.45, 2.75) is 32.5 Å². The number of nitriles is 1. The number of anilines is 3.